The number of hydrogen-bond acceptors (Lipinski definition) is 2. The second-order valence-corrected chi connectivity index (χ2v) is 7.46. The Morgan fingerprint density at radius 1 is 1.32 bits per heavy atom. The van der Waals surface area contributed by atoms with E-state index in [-0.39, 0.29) is 5.91 Å². The van der Waals surface area contributed by atoms with Crippen LogP contribution in [0.4, 0.5) is 5.82 Å². The summed E-state index contributed by atoms with van der Waals surface area (Å²) in [6.07, 6.45) is 6.46. The first-order valence-corrected chi connectivity index (χ1v) is 9.37. The zero-order valence-corrected chi connectivity index (χ0v) is 15.8. The number of likely N-dealkylation sites (N-methyl/N-ethyl adjacent to an activating group) is 1. The molecule has 2 aromatic rings. The number of halogens is 2. The van der Waals surface area contributed by atoms with E-state index in [1.807, 2.05) is 29.9 Å². The van der Waals surface area contributed by atoms with Crippen molar-refractivity contribution < 1.29 is 9.69 Å². The lowest BCUT2D eigenvalue weighted by Gasteiger charge is -2.17. The van der Waals surface area contributed by atoms with Crippen molar-refractivity contribution in [2.75, 3.05) is 18.9 Å². The second-order valence-electron chi connectivity index (χ2n) is 6.67. The summed E-state index contributed by atoms with van der Waals surface area (Å²) in [5.74, 6) is 0.751. The van der Waals surface area contributed by atoms with E-state index in [1.54, 1.807) is 12.3 Å². The molecule has 0 radical (unpaired) electrons. The molecule has 134 valence electrons. The Bertz CT molecular complexity index is 740. The van der Waals surface area contributed by atoms with Gasteiger partial charge in [0.05, 0.1) is 29.3 Å². The van der Waals surface area contributed by atoms with Crippen LogP contribution in [0.15, 0.2) is 30.5 Å². The maximum atomic E-state index is 12.4. The zero-order valence-electron chi connectivity index (χ0n) is 14.3. The predicted octanol–water partition coefficient (Wildman–Crippen LogP) is 2.96. The highest BCUT2D eigenvalue weighted by Crippen LogP contribution is 2.31. The van der Waals surface area contributed by atoms with Gasteiger partial charge in [0.1, 0.15) is 12.4 Å². The van der Waals surface area contributed by atoms with E-state index in [2.05, 4.69) is 10.4 Å². The molecule has 0 bridgehead atoms. The third-order valence-corrected chi connectivity index (χ3v) is 5.45. The summed E-state index contributed by atoms with van der Waals surface area (Å²) in [4.78, 5) is 13.4. The molecule has 5 nitrogen and oxygen atoms in total. The lowest BCUT2D eigenvalue weighted by molar-refractivity contribution is -0.885. The molecule has 1 aliphatic rings. The van der Waals surface area contributed by atoms with Gasteiger partial charge in [0.25, 0.3) is 5.91 Å². The van der Waals surface area contributed by atoms with Crippen LogP contribution >= 0.6 is 23.2 Å². The first-order chi connectivity index (χ1) is 12.0. The van der Waals surface area contributed by atoms with Gasteiger partial charge in [-0.2, -0.15) is 5.10 Å². The average molecular weight is 382 g/mol. The van der Waals surface area contributed by atoms with E-state index >= 15 is 0 Å². The number of benzene rings is 1. The number of quaternary nitrogens is 1. The Labute approximate surface area is 157 Å². The molecule has 2 N–H and O–H groups in total. The third kappa shape index (κ3) is 4.54. The third-order valence-electron chi connectivity index (χ3n) is 4.59. The first-order valence-electron chi connectivity index (χ1n) is 8.62. The molecule has 1 saturated carbocycles. The summed E-state index contributed by atoms with van der Waals surface area (Å²) < 4.78 is 1.95. The number of rotatable bonds is 6. The van der Waals surface area contributed by atoms with Crippen molar-refractivity contribution in [2.24, 2.45) is 0 Å². The number of carbonyl (C=O) groups excluding carboxylic acids is 1. The molecule has 3 rings (SSSR count). The van der Waals surface area contributed by atoms with Gasteiger partial charge >= 0.3 is 0 Å². The first kappa shape index (κ1) is 18.2. The largest absolute Gasteiger partial charge is 0.326 e. The SMILES string of the molecule is C[NH+](CC(=O)Nc1ccnn1C1CCCC1)Cc1cccc(Cl)c1Cl. The van der Waals surface area contributed by atoms with Crippen LogP contribution in [-0.2, 0) is 11.3 Å². The quantitative estimate of drug-likeness (QED) is 0.807. The monoisotopic (exact) mass is 381 g/mol. The fraction of sp³-hybridized carbons (Fsp3) is 0.444. The second kappa shape index (κ2) is 8.21. The van der Waals surface area contributed by atoms with Crippen LogP contribution in [0.25, 0.3) is 0 Å². The van der Waals surface area contributed by atoms with E-state index in [0.29, 0.717) is 29.2 Å². The van der Waals surface area contributed by atoms with Crippen LogP contribution in [0.2, 0.25) is 10.0 Å². The number of anilines is 1. The summed E-state index contributed by atoms with van der Waals surface area (Å²) in [7, 11) is 1.96. The Balaban J connectivity index is 1.57. The topological polar surface area (TPSA) is 51.4 Å². The number of nitrogens with zero attached hydrogens (tertiary/aromatic N) is 2. The van der Waals surface area contributed by atoms with E-state index in [4.69, 9.17) is 23.2 Å². The van der Waals surface area contributed by atoms with E-state index in [0.717, 1.165) is 29.1 Å². The van der Waals surface area contributed by atoms with Gasteiger partial charge in [-0.3, -0.25) is 4.79 Å². The fourth-order valence-corrected chi connectivity index (χ4v) is 3.77. The molecular weight excluding hydrogens is 359 g/mol. The van der Waals surface area contributed by atoms with Crippen molar-refractivity contribution in [3.63, 3.8) is 0 Å². The highest BCUT2D eigenvalue weighted by molar-refractivity contribution is 6.42. The number of aromatic nitrogens is 2. The minimum atomic E-state index is -0.0320. The molecule has 1 aromatic carbocycles. The normalized spacial score (nSPS) is 16.1. The molecule has 1 amide bonds. The average Bonchev–Trinajstić information content (AvgIpc) is 3.22. The van der Waals surface area contributed by atoms with Gasteiger partial charge in [0, 0.05) is 11.6 Å². The lowest BCUT2D eigenvalue weighted by atomic mass is 10.2. The van der Waals surface area contributed by atoms with Gasteiger partial charge in [0.15, 0.2) is 6.54 Å². The number of amides is 1. The van der Waals surface area contributed by atoms with Crippen LogP contribution < -0.4 is 10.2 Å². The van der Waals surface area contributed by atoms with Crippen LogP contribution in [0.1, 0.15) is 37.3 Å². The number of hydrogen-bond donors (Lipinski definition) is 2. The Kier molecular flexibility index (Phi) is 5.99. The van der Waals surface area contributed by atoms with E-state index < -0.39 is 0 Å². The number of carbonyl (C=O) groups is 1. The highest BCUT2D eigenvalue weighted by atomic mass is 35.5. The van der Waals surface area contributed by atoms with E-state index in [1.165, 1.54) is 12.8 Å². The van der Waals surface area contributed by atoms with Crippen molar-refractivity contribution in [3.05, 3.63) is 46.1 Å². The van der Waals surface area contributed by atoms with Crippen molar-refractivity contribution >= 4 is 34.9 Å². The zero-order chi connectivity index (χ0) is 17.8. The lowest BCUT2D eigenvalue weighted by Crippen LogP contribution is -3.08. The van der Waals surface area contributed by atoms with Crippen LogP contribution in [0.3, 0.4) is 0 Å². The van der Waals surface area contributed by atoms with Crippen LogP contribution in [0, 0.1) is 0 Å². The molecule has 0 aliphatic heterocycles. The molecule has 1 aliphatic carbocycles. The summed E-state index contributed by atoms with van der Waals surface area (Å²) in [6, 6.07) is 7.83. The Morgan fingerprint density at radius 2 is 2.08 bits per heavy atom. The minimum absolute atomic E-state index is 0.0320. The van der Waals surface area contributed by atoms with Crippen molar-refractivity contribution in [1.82, 2.24) is 9.78 Å². The summed E-state index contributed by atoms with van der Waals surface area (Å²) in [5.41, 5.74) is 0.940. The fourth-order valence-electron chi connectivity index (χ4n) is 3.39. The molecule has 1 aromatic heterocycles. The predicted molar refractivity (Wildman–Crippen MR) is 100 cm³/mol. The molecule has 0 spiro atoms. The molecule has 0 saturated heterocycles. The molecule has 1 heterocycles. The standard InChI is InChI=1S/C18H22Cl2N4O/c1-23(11-13-5-4-8-15(19)18(13)20)12-17(25)22-16-9-10-21-24(16)14-6-2-3-7-14/h4-5,8-10,14H,2-3,6-7,11-12H2,1H3,(H,22,25)/p+1. The molecule has 1 unspecified atom stereocenters. The van der Waals surface area contributed by atoms with Gasteiger partial charge in [-0.25, -0.2) is 4.68 Å². The van der Waals surface area contributed by atoms with Crippen molar-refractivity contribution in [3.8, 4) is 0 Å². The molecular formula is C18H23Cl2N4O+. The van der Waals surface area contributed by atoms with Gasteiger partial charge < -0.3 is 10.2 Å². The molecule has 25 heavy (non-hydrogen) atoms. The van der Waals surface area contributed by atoms with Gasteiger partial charge in [-0.1, -0.05) is 48.2 Å². The van der Waals surface area contributed by atoms with Gasteiger partial charge in [-0.15, -0.1) is 0 Å². The van der Waals surface area contributed by atoms with Crippen molar-refractivity contribution in [1.29, 1.82) is 0 Å². The molecule has 1 atom stereocenters. The smallest absolute Gasteiger partial charge is 0.280 e. The summed E-state index contributed by atoms with van der Waals surface area (Å²) in [5, 5.41) is 8.47. The molecule has 1 fully saturated rings. The summed E-state index contributed by atoms with van der Waals surface area (Å²) in [6.45, 7) is 0.980. The highest BCUT2D eigenvalue weighted by Gasteiger charge is 2.21. The van der Waals surface area contributed by atoms with Crippen LogP contribution in [-0.4, -0.2) is 29.3 Å². The maximum absolute atomic E-state index is 12.4. The van der Waals surface area contributed by atoms with Gasteiger partial charge in [-0.05, 0) is 18.9 Å². The minimum Gasteiger partial charge on any atom is -0.326 e. The molecule has 7 heteroatoms. The Morgan fingerprint density at radius 3 is 2.84 bits per heavy atom. The van der Waals surface area contributed by atoms with E-state index in [9.17, 15) is 4.79 Å². The maximum Gasteiger partial charge on any atom is 0.280 e. The van der Waals surface area contributed by atoms with Crippen molar-refractivity contribution in [2.45, 2.75) is 38.3 Å². The number of nitrogens with one attached hydrogen (secondary N) is 2. The van der Waals surface area contributed by atoms with Gasteiger partial charge in [0.2, 0.25) is 0 Å². The summed E-state index contributed by atoms with van der Waals surface area (Å²) >= 11 is 12.3. The Hall–Kier alpha value is -1.56. The van der Waals surface area contributed by atoms with Crippen LogP contribution in [0.5, 0.6) is 0 Å².